The number of likely N-dealkylation sites (tertiary alicyclic amines) is 1. The third kappa shape index (κ3) is 3.59. The quantitative estimate of drug-likeness (QED) is 0.347. The second-order valence-corrected chi connectivity index (χ2v) is 10.3. The molecule has 2 N–H and O–H groups in total. The number of carboxylic acid groups (broad SMARTS) is 1. The Morgan fingerprint density at radius 3 is 2.71 bits per heavy atom. The molecule has 4 aromatic rings. The number of halogens is 1. The standard InChI is InChI=1S/C27H24FN3O3S/c1-30-10-4-7-17(30)8-9-29-23-20(28)13-18-24-26(23)35-22-12-16-6-3-2-5-15(16)11-21(22)31(24)14-19(25(18)32)27(33)34/h2-3,5-6,11-14,17,29H,4,7-10H2,1H3,(H,33,34). The predicted octanol–water partition coefficient (Wildman–Crippen LogP) is 5.34. The van der Waals surface area contributed by atoms with E-state index in [0.29, 0.717) is 28.7 Å². The first-order valence-electron chi connectivity index (χ1n) is 11.7. The molecule has 1 aromatic heterocycles. The third-order valence-corrected chi connectivity index (χ3v) is 8.32. The van der Waals surface area contributed by atoms with Gasteiger partial charge in [-0.05, 0) is 61.8 Å². The molecule has 3 aromatic carbocycles. The van der Waals surface area contributed by atoms with Gasteiger partial charge in [0.15, 0.2) is 0 Å². The first-order valence-corrected chi connectivity index (χ1v) is 12.5. The topological polar surface area (TPSA) is 74.6 Å². The molecule has 6 nitrogen and oxygen atoms in total. The van der Waals surface area contributed by atoms with Gasteiger partial charge in [0.2, 0.25) is 5.43 Å². The Morgan fingerprint density at radius 2 is 2.00 bits per heavy atom. The van der Waals surface area contributed by atoms with Gasteiger partial charge in [-0.15, -0.1) is 0 Å². The number of pyridine rings is 1. The SMILES string of the molecule is CN1CCCC1CCNc1c(F)cc2c(=O)c(C(=O)O)cn3c2c1Sc1cc2ccccc2cc1-3. The van der Waals surface area contributed by atoms with Crippen molar-refractivity contribution in [3.05, 3.63) is 70.3 Å². The highest BCUT2D eigenvalue weighted by Crippen LogP contribution is 2.47. The van der Waals surface area contributed by atoms with Gasteiger partial charge in [0.05, 0.1) is 27.2 Å². The maximum Gasteiger partial charge on any atom is 0.341 e. The number of rotatable bonds is 5. The van der Waals surface area contributed by atoms with E-state index in [1.54, 1.807) is 4.57 Å². The van der Waals surface area contributed by atoms with Crippen LogP contribution in [-0.4, -0.2) is 46.7 Å². The number of carbonyl (C=O) groups is 1. The second kappa shape index (κ2) is 8.39. The number of fused-ring (bicyclic) bond motifs is 3. The molecule has 1 saturated heterocycles. The molecule has 3 heterocycles. The fourth-order valence-corrected chi connectivity index (χ4v) is 6.57. The number of hydrogen-bond donors (Lipinski definition) is 2. The van der Waals surface area contributed by atoms with Crippen molar-refractivity contribution >= 4 is 45.1 Å². The van der Waals surface area contributed by atoms with E-state index in [1.807, 2.05) is 36.4 Å². The average Bonchev–Trinajstić information content (AvgIpc) is 3.25. The van der Waals surface area contributed by atoms with Crippen molar-refractivity contribution in [3.63, 3.8) is 0 Å². The summed E-state index contributed by atoms with van der Waals surface area (Å²) in [6.07, 6.45) is 4.58. The number of aromatic carboxylic acids is 1. The molecule has 2 aliphatic heterocycles. The van der Waals surface area contributed by atoms with E-state index in [4.69, 9.17) is 0 Å². The number of hydrogen-bond acceptors (Lipinski definition) is 5. The van der Waals surface area contributed by atoms with Crippen molar-refractivity contribution in [2.24, 2.45) is 0 Å². The molecule has 0 bridgehead atoms. The van der Waals surface area contributed by atoms with E-state index < -0.39 is 17.2 Å². The lowest BCUT2D eigenvalue weighted by Gasteiger charge is -2.26. The van der Waals surface area contributed by atoms with Crippen LogP contribution >= 0.6 is 11.8 Å². The molecule has 35 heavy (non-hydrogen) atoms. The lowest BCUT2D eigenvalue weighted by Crippen LogP contribution is -2.27. The summed E-state index contributed by atoms with van der Waals surface area (Å²) in [5.41, 5.74) is 0.624. The van der Waals surface area contributed by atoms with Crippen molar-refractivity contribution in [1.82, 2.24) is 9.47 Å². The summed E-state index contributed by atoms with van der Waals surface area (Å²) in [5.74, 6) is -1.87. The van der Waals surface area contributed by atoms with Crippen LogP contribution in [0.1, 0.15) is 29.6 Å². The number of anilines is 1. The van der Waals surface area contributed by atoms with Crippen LogP contribution in [-0.2, 0) is 0 Å². The van der Waals surface area contributed by atoms with E-state index in [0.717, 1.165) is 40.7 Å². The zero-order valence-electron chi connectivity index (χ0n) is 19.2. The van der Waals surface area contributed by atoms with Crippen LogP contribution in [0.15, 0.2) is 63.2 Å². The highest BCUT2D eigenvalue weighted by molar-refractivity contribution is 8.00. The van der Waals surface area contributed by atoms with Crippen molar-refractivity contribution < 1.29 is 14.3 Å². The van der Waals surface area contributed by atoms with Gasteiger partial charge in [0.25, 0.3) is 0 Å². The first-order chi connectivity index (χ1) is 16.9. The summed E-state index contributed by atoms with van der Waals surface area (Å²) in [6.45, 7) is 1.69. The zero-order valence-corrected chi connectivity index (χ0v) is 20.0. The van der Waals surface area contributed by atoms with Gasteiger partial charge in [0.1, 0.15) is 11.4 Å². The van der Waals surface area contributed by atoms with Gasteiger partial charge in [-0.1, -0.05) is 36.0 Å². The lowest BCUT2D eigenvalue weighted by atomic mass is 10.1. The molecular formula is C27H24FN3O3S. The van der Waals surface area contributed by atoms with E-state index in [1.165, 1.54) is 30.4 Å². The van der Waals surface area contributed by atoms with E-state index in [9.17, 15) is 14.7 Å². The highest BCUT2D eigenvalue weighted by atomic mass is 32.2. The lowest BCUT2D eigenvalue weighted by molar-refractivity contribution is 0.0695. The smallest absolute Gasteiger partial charge is 0.341 e. The van der Waals surface area contributed by atoms with Crippen LogP contribution in [0.2, 0.25) is 0 Å². The Kier molecular flexibility index (Phi) is 5.30. The Hall–Kier alpha value is -3.36. The molecule has 8 heteroatoms. The van der Waals surface area contributed by atoms with Crippen LogP contribution in [0.4, 0.5) is 10.1 Å². The van der Waals surface area contributed by atoms with Gasteiger partial charge in [-0.3, -0.25) is 4.79 Å². The molecule has 6 rings (SSSR count). The van der Waals surface area contributed by atoms with Crippen molar-refractivity contribution in [3.8, 4) is 5.69 Å². The molecule has 0 spiro atoms. The maximum absolute atomic E-state index is 15.5. The third-order valence-electron chi connectivity index (χ3n) is 7.18. The number of benzene rings is 3. The fourth-order valence-electron chi connectivity index (χ4n) is 5.33. The van der Waals surface area contributed by atoms with Gasteiger partial charge in [-0.2, -0.15) is 0 Å². The molecular weight excluding hydrogens is 465 g/mol. The monoisotopic (exact) mass is 489 g/mol. The number of nitrogens with zero attached hydrogens (tertiary/aromatic N) is 2. The summed E-state index contributed by atoms with van der Waals surface area (Å²) < 4.78 is 17.2. The number of nitrogens with one attached hydrogen (secondary N) is 1. The molecule has 0 radical (unpaired) electrons. The molecule has 0 saturated carbocycles. The van der Waals surface area contributed by atoms with E-state index >= 15 is 4.39 Å². The average molecular weight is 490 g/mol. The minimum atomic E-state index is -1.33. The molecule has 2 aliphatic rings. The molecule has 0 aliphatic carbocycles. The Morgan fingerprint density at radius 1 is 1.23 bits per heavy atom. The van der Waals surface area contributed by atoms with Crippen LogP contribution in [0.3, 0.4) is 0 Å². The number of aromatic nitrogens is 1. The van der Waals surface area contributed by atoms with Crippen molar-refractivity contribution in [2.45, 2.75) is 35.1 Å². The normalized spacial score (nSPS) is 17.1. The zero-order chi connectivity index (χ0) is 24.3. The van der Waals surface area contributed by atoms with Gasteiger partial charge in [0, 0.05) is 23.7 Å². The maximum atomic E-state index is 15.5. The van der Waals surface area contributed by atoms with Gasteiger partial charge < -0.3 is 19.9 Å². The Bertz CT molecular complexity index is 1580. The highest BCUT2D eigenvalue weighted by Gasteiger charge is 2.28. The molecule has 1 unspecified atom stereocenters. The second-order valence-electron chi connectivity index (χ2n) is 9.27. The van der Waals surface area contributed by atoms with Crippen LogP contribution in [0.25, 0.3) is 27.4 Å². The summed E-state index contributed by atoms with van der Waals surface area (Å²) in [6, 6.07) is 13.6. The van der Waals surface area contributed by atoms with Crippen LogP contribution < -0.4 is 10.7 Å². The van der Waals surface area contributed by atoms with Gasteiger partial charge >= 0.3 is 5.97 Å². The van der Waals surface area contributed by atoms with E-state index in [-0.39, 0.29) is 10.9 Å². The number of carboxylic acids is 1. The fraction of sp³-hybridized carbons (Fsp3) is 0.259. The molecule has 1 atom stereocenters. The molecule has 1 fully saturated rings. The van der Waals surface area contributed by atoms with Crippen LogP contribution in [0, 0.1) is 5.82 Å². The first kappa shape index (κ1) is 22.1. The van der Waals surface area contributed by atoms with Crippen molar-refractivity contribution in [1.29, 1.82) is 0 Å². The Balaban J connectivity index is 1.54. The summed E-state index contributed by atoms with van der Waals surface area (Å²) in [5, 5.41) is 15.1. The van der Waals surface area contributed by atoms with Crippen molar-refractivity contribution in [2.75, 3.05) is 25.5 Å². The largest absolute Gasteiger partial charge is 0.477 e. The minimum absolute atomic E-state index is 0.0739. The Labute approximate surface area is 205 Å². The molecule has 178 valence electrons. The van der Waals surface area contributed by atoms with Crippen LogP contribution in [0.5, 0.6) is 0 Å². The van der Waals surface area contributed by atoms with E-state index in [2.05, 4.69) is 17.3 Å². The minimum Gasteiger partial charge on any atom is -0.477 e. The van der Waals surface area contributed by atoms with Gasteiger partial charge in [-0.25, -0.2) is 9.18 Å². The summed E-state index contributed by atoms with van der Waals surface area (Å²) in [7, 11) is 2.12. The summed E-state index contributed by atoms with van der Waals surface area (Å²) in [4.78, 5) is 28.7. The molecule has 0 amide bonds. The summed E-state index contributed by atoms with van der Waals surface area (Å²) >= 11 is 1.42. The predicted molar refractivity (Wildman–Crippen MR) is 137 cm³/mol.